The fraction of sp³-hybridized carbons (Fsp3) is 0. The number of fused-ring (bicyclic) bond motifs is 1. The molecule has 1 heterocycles. The average molecular weight is 255 g/mol. The summed E-state index contributed by atoms with van der Waals surface area (Å²) in [6.07, 6.45) is 0. The number of benzene rings is 2. The third kappa shape index (κ3) is 2.00. The summed E-state index contributed by atoms with van der Waals surface area (Å²) in [7, 11) is 0. The largest absolute Gasteiger partial charge is 0.312 e. The van der Waals surface area contributed by atoms with Gasteiger partial charge in [-0.25, -0.2) is 0 Å². The SMILES string of the molecule is O=C(Sc1ccccc1)n1nnc2ccccc21. The maximum atomic E-state index is 12.1. The maximum absolute atomic E-state index is 12.1. The smallest absolute Gasteiger partial charge is 0.259 e. The van der Waals surface area contributed by atoms with Gasteiger partial charge in [-0.2, -0.15) is 4.68 Å². The molecule has 18 heavy (non-hydrogen) atoms. The minimum absolute atomic E-state index is 0.157. The summed E-state index contributed by atoms with van der Waals surface area (Å²) < 4.78 is 1.33. The first-order chi connectivity index (χ1) is 8.84. The summed E-state index contributed by atoms with van der Waals surface area (Å²) in [5.41, 5.74) is 1.45. The van der Waals surface area contributed by atoms with E-state index in [0.717, 1.165) is 27.7 Å². The van der Waals surface area contributed by atoms with E-state index in [1.807, 2.05) is 54.6 Å². The second kappa shape index (κ2) is 4.62. The highest BCUT2D eigenvalue weighted by Crippen LogP contribution is 2.21. The van der Waals surface area contributed by atoms with E-state index in [-0.39, 0.29) is 5.24 Å². The van der Waals surface area contributed by atoms with Crippen molar-refractivity contribution in [2.75, 3.05) is 0 Å². The molecule has 2 aromatic carbocycles. The molecule has 0 unspecified atom stereocenters. The Labute approximate surface area is 108 Å². The van der Waals surface area contributed by atoms with Crippen LogP contribution >= 0.6 is 11.8 Å². The lowest BCUT2D eigenvalue weighted by Gasteiger charge is -2.00. The Kier molecular flexibility index (Phi) is 2.82. The fourth-order valence-corrected chi connectivity index (χ4v) is 2.35. The van der Waals surface area contributed by atoms with Crippen LogP contribution in [0.25, 0.3) is 11.0 Å². The standard InChI is InChI=1S/C13H9N3OS/c17-13(18-10-6-2-1-3-7-10)16-12-9-5-4-8-11(12)14-15-16/h1-9H. The highest BCUT2D eigenvalue weighted by atomic mass is 32.2. The fourth-order valence-electron chi connectivity index (χ4n) is 1.64. The zero-order chi connectivity index (χ0) is 12.4. The normalized spacial score (nSPS) is 10.7. The van der Waals surface area contributed by atoms with Crippen LogP contribution in [0.5, 0.6) is 0 Å². The van der Waals surface area contributed by atoms with E-state index >= 15 is 0 Å². The van der Waals surface area contributed by atoms with Crippen molar-refractivity contribution in [1.29, 1.82) is 0 Å². The lowest BCUT2D eigenvalue weighted by atomic mass is 10.3. The van der Waals surface area contributed by atoms with Crippen molar-refractivity contribution < 1.29 is 4.79 Å². The Balaban J connectivity index is 1.93. The Morgan fingerprint density at radius 3 is 2.56 bits per heavy atom. The first-order valence-corrected chi connectivity index (χ1v) is 6.24. The van der Waals surface area contributed by atoms with Gasteiger partial charge in [0.15, 0.2) is 0 Å². The number of aromatic nitrogens is 3. The lowest BCUT2D eigenvalue weighted by molar-refractivity contribution is 0.260. The van der Waals surface area contributed by atoms with E-state index in [1.54, 1.807) is 0 Å². The van der Waals surface area contributed by atoms with Gasteiger partial charge in [-0.15, -0.1) is 5.10 Å². The Morgan fingerprint density at radius 1 is 1.00 bits per heavy atom. The van der Waals surface area contributed by atoms with Gasteiger partial charge in [0, 0.05) is 4.90 Å². The van der Waals surface area contributed by atoms with Gasteiger partial charge in [0.2, 0.25) is 0 Å². The van der Waals surface area contributed by atoms with Crippen LogP contribution < -0.4 is 0 Å². The van der Waals surface area contributed by atoms with Crippen LogP contribution in [0, 0.1) is 0 Å². The number of hydrogen-bond acceptors (Lipinski definition) is 4. The lowest BCUT2D eigenvalue weighted by Crippen LogP contribution is -2.06. The van der Waals surface area contributed by atoms with Crippen LogP contribution in [-0.2, 0) is 0 Å². The zero-order valence-electron chi connectivity index (χ0n) is 9.35. The first-order valence-electron chi connectivity index (χ1n) is 5.42. The number of para-hydroxylation sites is 1. The van der Waals surface area contributed by atoms with Gasteiger partial charge < -0.3 is 0 Å². The Morgan fingerprint density at radius 2 is 1.72 bits per heavy atom. The molecule has 0 aliphatic heterocycles. The minimum atomic E-state index is -0.157. The predicted octanol–water partition coefficient (Wildman–Crippen LogP) is 3.19. The molecular weight excluding hydrogens is 246 g/mol. The molecule has 0 fully saturated rings. The van der Waals surface area contributed by atoms with Gasteiger partial charge in [0.05, 0.1) is 5.52 Å². The van der Waals surface area contributed by atoms with E-state index in [1.165, 1.54) is 4.68 Å². The monoisotopic (exact) mass is 255 g/mol. The van der Waals surface area contributed by atoms with Crippen molar-refractivity contribution in [2.45, 2.75) is 4.90 Å². The van der Waals surface area contributed by atoms with Crippen molar-refractivity contribution in [3.63, 3.8) is 0 Å². The molecule has 0 spiro atoms. The molecule has 88 valence electrons. The third-order valence-electron chi connectivity index (χ3n) is 2.47. The molecule has 4 nitrogen and oxygen atoms in total. The number of nitrogens with zero attached hydrogens (tertiary/aromatic N) is 3. The van der Waals surface area contributed by atoms with E-state index in [2.05, 4.69) is 10.3 Å². The summed E-state index contributed by atoms with van der Waals surface area (Å²) in [5, 5.41) is 7.69. The van der Waals surface area contributed by atoms with Crippen LogP contribution in [-0.4, -0.2) is 20.2 Å². The van der Waals surface area contributed by atoms with E-state index < -0.39 is 0 Å². The summed E-state index contributed by atoms with van der Waals surface area (Å²) in [6, 6.07) is 16.9. The predicted molar refractivity (Wildman–Crippen MR) is 70.6 cm³/mol. The zero-order valence-corrected chi connectivity index (χ0v) is 10.2. The summed E-state index contributed by atoms with van der Waals surface area (Å²) in [6.45, 7) is 0. The molecule has 0 N–H and O–H groups in total. The minimum Gasteiger partial charge on any atom is -0.259 e. The van der Waals surface area contributed by atoms with Crippen LogP contribution in [0.3, 0.4) is 0 Å². The average Bonchev–Trinajstić information content (AvgIpc) is 2.84. The Bertz CT molecular complexity index is 694. The maximum Gasteiger partial charge on any atom is 0.312 e. The highest BCUT2D eigenvalue weighted by molar-refractivity contribution is 8.13. The molecule has 0 saturated heterocycles. The molecule has 3 aromatic rings. The van der Waals surface area contributed by atoms with Crippen molar-refractivity contribution in [2.24, 2.45) is 0 Å². The van der Waals surface area contributed by atoms with Gasteiger partial charge in [0.25, 0.3) is 0 Å². The van der Waals surface area contributed by atoms with Crippen LogP contribution in [0.2, 0.25) is 0 Å². The van der Waals surface area contributed by atoms with E-state index in [9.17, 15) is 4.79 Å². The first kappa shape index (κ1) is 11.0. The topological polar surface area (TPSA) is 47.8 Å². The molecule has 3 rings (SSSR count). The summed E-state index contributed by atoms with van der Waals surface area (Å²) in [4.78, 5) is 13.0. The number of carbonyl (C=O) groups excluding carboxylic acids is 1. The van der Waals surface area contributed by atoms with Crippen LogP contribution in [0.1, 0.15) is 0 Å². The molecule has 0 atom stereocenters. The molecule has 0 aliphatic carbocycles. The van der Waals surface area contributed by atoms with Gasteiger partial charge in [-0.1, -0.05) is 35.5 Å². The van der Waals surface area contributed by atoms with E-state index in [4.69, 9.17) is 0 Å². The second-order valence-electron chi connectivity index (χ2n) is 3.67. The molecule has 5 heteroatoms. The molecule has 0 bridgehead atoms. The second-order valence-corrected chi connectivity index (χ2v) is 4.70. The molecular formula is C13H9N3OS. The molecule has 1 aromatic heterocycles. The number of carbonyl (C=O) groups is 1. The number of thioether (sulfide) groups is 1. The van der Waals surface area contributed by atoms with Gasteiger partial charge in [-0.05, 0) is 36.0 Å². The third-order valence-corrected chi connectivity index (χ3v) is 3.33. The number of rotatable bonds is 1. The van der Waals surface area contributed by atoms with Gasteiger partial charge >= 0.3 is 5.24 Å². The summed E-state index contributed by atoms with van der Waals surface area (Å²) >= 11 is 1.14. The van der Waals surface area contributed by atoms with E-state index in [0.29, 0.717) is 0 Å². The number of hydrogen-bond donors (Lipinski definition) is 0. The molecule has 0 radical (unpaired) electrons. The molecule has 0 saturated carbocycles. The van der Waals surface area contributed by atoms with Crippen LogP contribution in [0.4, 0.5) is 4.79 Å². The van der Waals surface area contributed by atoms with Gasteiger partial charge in [0.1, 0.15) is 5.52 Å². The van der Waals surface area contributed by atoms with Gasteiger partial charge in [-0.3, -0.25) is 4.79 Å². The molecule has 0 amide bonds. The van der Waals surface area contributed by atoms with Crippen LogP contribution in [0.15, 0.2) is 59.5 Å². The highest BCUT2D eigenvalue weighted by Gasteiger charge is 2.12. The van der Waals surface area contributed by atoms with Crippen molar-refractivity contribution in [1.82, 2.24) is 15.0 Å². The molecule has 0 aliphatic rings. The van der Waals surface area contributed by atoms with Crippen molar-refractivity contribution >= 4 is 28.0 Å². The van der Waals surface area contributed by atoms with Crippen molar-refractivity contribution in [3.8, 4) is 0 Å². The van der Waals surface area contributed by atoms with Crippen molar-refractivity contribution in [3.05, 3.63) is 54.6 Å². The Hall–Kier alpha value is -2.14. The summed E-state index contributed by atoms with van der Waals surface area (Å²) in [5.74, 6) is 0. The quantitative estimate of drug-likeness (QED) is 0.626.